The number of benzene rings is 1. The van der Waals surface area contributed by atoms with Crippen LogP contribution in [0.5, 0.6) is 0 Å². The van der Waals surface area contributed by atoms with Gasteiger partial charge in [-0.25, -0.2) is 0 Å². The smallest absolute Gasteiger partial charge is 0.223 e. The van der Waals surface area contributed by atoms with Crippen LogP contribution in [-0.4, -0.2) is 30.5 Å². The Labute approximate surface area is 137 Å². The maximum atomic E-state index is 12.1. The molecule has 3 N–H and O–H groups in total. The quantitative estimate of drug-likeness (QED) is 0.792. The maximum Gasteiger partial charge on any atom is 0.223 e. The molecule has 0 spiro atoms. The fraction of sp³-hybridized carbons (Fsp3) is 0.471. The minimum Gasteiger partial charge on any atom is -0.361 e. The molecule has 2 aromatic rings. The highest BCUT2D eigenvalue weighted by Crippen LogP contribution is 2.22. The van der Waals surface area contributed by atoms with Crippen molar-refractivity contribution >= 4 is 29.2 Å². The molecule has 1 atom stereocenters. The average molecular weight is 322 g/mol. The number of H-pyrrole nitrogens is 1. The third kappa shape index (κ3) is 3.28. The van der Waals surface area contributed by atoms with E-state index in [-0.39, 0.29) is 24.2 Å². The zero-order valence-electron chi connectivity index (χ0n) is 13.1. The van der Waals surface area contributed by atoms with Crippen molar-refractivity contribution in [1.82, 2.24) is 15.6 Å². The number of aromatic amines is 1. The van der Waals surface area contributed by atoms with E-state index in [0.29, 0.717) is 12.5 Å². The van der Waals surface area contributed by atoms with E-state index in [1.54, 1.807) is 0 Å². The first-order chi connectivity index (χ1) is 10.2. The van der Waals surface area contributed by atoms with Crippen molar-refractivity contribution in [2.45, 2.75) is 20.3 Å². The number of fused-ring (bicyclic) bond motifs is 1. The summed E-state index contributed by atoms with van der Waals surface area (Å²) < 4.78 is 0. The molecule has 2 heterocycles. The van der Waals surface area contributed by atoms with Crippen LogP contribution >= 0.6 is 12.4 Å². The van der Waals surface area contributed by atoms with Crippen LogP contribution in [-0.2, 0) is 11.2 Å². The Morgan fingerprint density at radius 1 is 1.41 bits per heavy atom. The molecule has 5 heteroatoms. The Balaban J connectivity index is 0.00000176. The molecule has 0 radical (unpaired) electrons. The number of halogens is 1. The van der Waals surface area contributed by atoms with E-state index in [0.717, 1.165) is 19.5 Å². The molecule has 22 heavy (non-hydrogen) atoms. The lowest BCUT2D eigenvalue weighted by atomic mass is 9.88. The molecule has 4 nitrogen and oxygen atoms in total. The SMILES string of the molecule is Cc1cccc2[nH]cc(CCNC(=O)C(C)C3CNC3)c12.Cl. The Morgan fingerprint density at radius 2 is 2.18 bits per heavy atom. The van der Waals surface area contributed by atoms with Crippen molar-refractivity contribution in [2.75, 3.05) is 19.6 Å². The van der Waals surface area contributed by atoms with Crippen molar-refractivity contribution in [3.63, 3.8) is 0 Å². The summed E-state index contributed by atoms with van der Waals surface area (Å²) in [5.41, 5.74) is 3.73. The summed E-state index contributed by atoms with van der Waals surface area (Å²) in [5.74, 6) is 0.786. The predicted molar refractivity (Wildman–Crippen MR) is 92.5 cm³/mol. The van der Waals surface area contributed by atoms with E-state index in [1.165, 1.54) is 22.0 Å². The Kier molecular flexibility index (Phi) is 5.48. The van der Waals surface area contributed by atoms with Gasteiger partial charge in [0.2, 0.25) is 5.91 Å². The first kappa shape index (κ1) is 16.8. The van der Waals surface area contributed by atoms with Crippen LogP contribution < -0.4 is 10.6 Å². The van der Waals surface area contributed by atoms with Crippen LogP contribution in [0.25, 0.3) is 10.9 Å². The van der Waals surface area contributed by atoms with Crippen LogP contribution in [0.15, 0.2) is 24.4 Å². The summed E-state index contributed by atoms with van der Waals surface area (Å²) >= 11 is 0. The number of rotatable bonds is 5. The monoisotopic (exact) mass is 321 g/mol. The molecule has 0 saturated carbocycles. The van der Waals surface area contributed by atoms with Crippen LogP contribution in [0.4, 0.5) is 0 Å². The Morgan fingerprint density at radius 3 is 2.86 bits per heavy atom. The van der Waals surface area contributed by atoms with E-state index in [2.05, 4.69) is 46.9 Å². The number of hydrogen-bond acceptors (Lipinski definition) is 2. The lowest BCUT2D eigenvalue weighted by Gasteiger charge is -2.31. The minimum atomic E-state index is 0. The standard InChI is InChI=1S/C17H23N3O.ClH/c1-11-4-3-5-15-16(11)13(10-20-15)6-7-19-17(21)12(2)14-8-18-9-14;/h3-5,10,12,14,18,20H,6-9H2,1-2H3,(H,19,21);1H. The van der Waals surface area contributed by atoms with E-state index in [4.69, 9.17) is 0 Å². The van der Waals surface area contributed by atoms with Crippen molar-refractivity contribution in [3.8, 4) is 0 Å². The molecule has 0 bridgehead atoms. The van der Waals surface area contributed by atoms with Gasteiger partial charge < -0.3 is 15.6 Å². The molecule has 1 saturated heterocycles. The van der Waals surface area contributed by atoms with Gasteiger partial charge in [-0.3, -0.25) is 4.79 Å². The molecule has 1 aromatic heterocycles. The first-order valence-corrected chi connectivity index (χ1v) is 7.71. The lowest BCUT2D eigenvalue weighted by Crippen LogP contribution is -2.49. The average Bonchev–Trinajstić information content (AvgIpc) is 2.81. The molecule has 0 aliphatic carbocycles. The highest BCUT2D eigenvalue weighted by atomic mass is 35.5. The second-order valence-corrected chi connectivity index (χ2v) is 6.06. The number of aryl methyl sites for hydroxylation is 1. The van der Waals surface area contributed by atoms with Gasteiger partial charge in [0, 0.05) is 29.6 Å². The fourth-order valence-corrected chi connectivity index (χ4v) is 3.01. The maximum absolute atomic E-state index is 12.1. The van der Waals surface area contributed by atoms with Crippen molar-refractivity contribution in [1.29, 1.82) is 0 Å². The predicted octanol–water partition coefficient (Wildman–Crippen LogP) is 2.41. The molecule has 1 aliphatic heterocycles. The van der Waals surface area contributed by atoms with Gasteiger partial charge in [0.25, 0.3) is 0 Å². The van der Waals surface area contributed by atoms with Gasteiger partial charge in [0.15, 0.2) is 0 Å². The van der Waals surface area contributed by atoms with Crippen molar-refractivity contribution in [3.05, 3.63) is 35.5 Å². The summed E-state index contributed by atoms with van der Waals surface area (Å²) in [6.07, 6.45) is 2.93. The van der Waals surface area contributed by atoms with Gasteiger partial charge in [-0.05, 0) is 49.5 Å². The van der Waals surface area contributed by atoms with Gasteiger partial charge in [-0.15, -0.1) is 12.4 Å². The van der Waals surface area contributed by atoms with Gasteiger partial charge >= 0.3 is 0 Å². The van der Waals surface area contributed by atoms with Crippen molar-refractivity contribution in [2.24, 2.45) is 11.8 Å². The van der Waals surface area contributed by atoms with Gasteiger partial charge in [-0.2, -0.15) is 0 Å². The Bertz CT molecular complexity index is 648. The van der Waals surface area contributed by atoms with Crippen LogP contribution in [0.2, 0.25) is 0 Å². The molecular weight excluding hydrogens is 298 g/mol. The third-order valence-corrected chi connectivity index (χ3v) is 4.62. The normalized spacial score (nSPS) is 15.9. The summed E-state index contributed by atoms with van der Waals surface area (Å²) in [6, 6.07) is 6.29. The molecular formula is C17H24ClN3O. The number of nitrogens with one attached hydrogen (secondary N) is 3. The van der Waals surface area contributed by atoms with Crippen LogP contribution in [0, 0.1) is 18.8 Å². The van der Waals surface area contributed by atoms with E-state index in [9.17, 15) is 4.79 Å². The summed E-state index contributed by atoms with van der Waals surface area (Å²) in [5, 5.41) is 7.59. The molecule has 1 aliphatic rings. The summed E-state index contributed by atoms with van der Waals surface area (Å²) in [6.45, 7) is 6.79. The van der Waals surface area contributed by atoms with E-state index < -0.39 is 0 Å². The zero-order valence-corrected chi connectivity index (χ0v) is 13.9. The molecule has 1 aromatic carbocycles. The second kappa shape index (κ2) is 7.16. The molecule has 1 unspecified atom stereocenters. The largest absolute Gasteiger partial charge is 0.361 e. The number of aromatic nitrogens is 1. The van der Waals surface area contributed by atoms with E-state index in [1.807, 2.05) is 6.92 Å². The number of carbonyl (C=O) groups is 1. The summed E-state index contributed by atoms with van der Waals surface area (Å²) in [4.78, 5) is 15.4. The van der Waals surface area contributed by atoms with Crippen molar-refractivity contribution < 1.29 is 4.79 Å². The molecule has 1 fully saturated rings. The Hall–Kier alpha value is -1.52. The minimum absolute atomic E-state index is 0. The zero-order chi connectivity index (χ0) is 14.8. The summed E-state index contributed by atoms with van der Waals surface area (Å²) in [7, 11) is 0. The number of amides is 1. The number of hydrogen-bond donors (Lipinski definition) is 3. The van der Waals surface area contributed by atoms with Gasteiger partial charge in [0.05, 0.1) is 0 Å². The molecule has 3 rings (SSSR count). The fourth-order valence-electron chi connectivity index (χ4n) is 3.01. The van der Waals surface area contributed by atoms with E-state index >= 15 is 0 Å². The van der Waals surface area contributed by atoms with Crippen LogP contribution in [0.1, 0.15) is 18.1 Å². The van der Waals surface area contributed by atoms with Gasteiger partial charge in [0.1, 0.15) is 0 Å². The second-order valence-electron chi connectivity index (χ2n) is 6.06. The molecule has 120 valence electrons. The van der Waals surface area contributed by atoms with Gasteiger partial charge in [-0.1, -0.05) is 19.1 Å². The first-order valence-electron chi connectivity index (χ1n) is 7.71. The third-order valence-electron chi connectivity index (χ3n) is 4.62. The highest BCUT2D eigenvalue weighted by Gasteiger charge is 2.28. The molecule has 1 amide bonds. The van der Waals surface area contributed by atoms with Crippen LogP contribution in [0.3, 0.4) is 0 Å². The lowest BCUT2D eigenvalue weighted by molar-refractivity contribution is -0.126. The topological polar surface area (TPSA) is 56.9 Å². The highest BCUT2D eigenvalue weighted by molar-refractivity contribution is 5.86. The number of carbonyl (C=O) groups excluding carboxylic acids is 1.